The van der Waals surface area contributed by atoms with E-state index in [0.717, 1.165) is 41.4 Å². The Morgan fingerprint density at radius 1 is 0.960 bits per heavy atom. The summed E-state index contributed by atoms with van der Waals surface area (Å²) in [7, 11) is -3.25. The summed E-state index contributed by atoms with van der Waals surface area (Å²) in [5.41, 5.74) is 1.05. The van der Waals surface area contributed by atoms with Gasteiger partial charge in [-0.25, -0.2) is 8.42 Å². The van der Waals surface area contributed by atoms with Crippen molar-refractivity contribution >= 4 is 43.1 Å². The van der Waals surface area contributed by atoms with Crippen molar-refractivity contribution in [1.82, 2.24) is 4.90 Å². The molecule has 0 amide bonds. The summed E-state index contributed by atoms with van der Waals surface area (Å²) < 4.78 is 25.8. The molecule has 0 bridgehead atoms. The molecule has 0 aliphatic carbocycles. The first kappa shape index (κ1) is 18.7. The first-order chi connectivity index (χ1) is 12.0. The maximum absolute atomic E-state index is 12.4. The Morgan fingerprint density at radius 2 is 1.60 bits per heavy atom. The van der Waals surface area contributed by atoms with Gasteiger partial charge in [0.15, 0.2) is 9.84 Å². The van der Waals surface area contributed by atoms with Crippen molar-refractivity contribution in [2.75, 3.05) is 43.4 Å². The molecule has 0 N–H and O–H groups in total. The fourth-order valence-corrected chi connectivity index (χ4v) is 4.73. The number of para-hydroxylation sites is 1. The molecule has 25 heavy (non-hydrogen) atoms. The van der Waals surface area contributed by atoms with Gasteiger partial charge in [0.1, 0.15) is 0 Å². The van der Waals surface area contributed by atoms with Gasteiger partial charge in [-0.3, -0.25) is 4.90 Å². The molecule has 4 nitrogen and oxygen atoms in total. The van der Waals surface area contributed by atoms with Crippen molar-refractivity contribution in [2.24, 2.45) is 0 Å². The van der Waals surface area contributed by atoms with Crippen LogP contribution < -0.4 is 4.90 Å². The molecule has 3 rings (SSSR count). The van der Waals surface area contributed by atoms with Gasteiger partial charge < -0.3 is 4.90 Å². The molecule has 1 fully saturated rings. The fraction of sp³-hybridized carbons (Fsp3) is 0.333. The third kappa shape index (κ3) is 4.76. The van der Waals surface area contributed by atoms with Crippen molar-refractivity contribution in [3.05, 3.63) is 58.0 Å². The maximum atomic E-state index is 12.4. The molecule has 0 unspecified atom stereocenters. The second-order valence-corrected chi connectivity index (χ2v) is 9.48. The third-order valence-corrected chi connectivity index (χ3v) is 6.97. The summed E-state index contributed by atoms with van der Waals surface area (Å²) in [6.45, 7) is 3.92. The fourth-order valence-electron chi connectivity index (χ4n) is 2.93. The molecule has 1 saturated heterocycles. The van der Waals surface area contributed by atoms with E-state index in [2.05, 4.69) is 25.7 Å². The number of hydrogen-bond donors (Lipinski definition) is 0. The van der Waals surface area contributed by atoms with Gasteiger partial charge >= 0.3 is 0 Å². The Labute approximate surface area is 162 Å². The molecule has 1 heterocycles. The highest BCUT2D eigenvalue weighted by Crippen LogP contribution is 2.26. The lowest BCUT2D eigenvalue weighted by molar-refractivity contribution is 0.272. The Morgan fingerprint density at radius 3 is 2.24 bits per heavy atom. The molecule has 0 spiro atoms. The average Bonchev–Trinajstić information content (AvgIpc) is 2.61. The summed E-state index contributed by atoms with van der Waals surface area (Å²) in [6, 6.07) is 14.6. The average molecular weight is 444 g/mol. The Balaban J connectivity index is 1.54. The molecule has 1 aliphatic rings. The molecule has 7 heteroatoms. The van der Waals surface area contributed by atoms with Crippen LogP contribution in [0.4, 0.5) is 5.69 Å². The van der Waals surface area contributed by atoms with Crippen molar-refractivity contribution < 1.29 is 8.42 Å². The number of benzene rings is 2. The van der Waals surface area contributed by atoms with Gasteiger partial charge in [-0.15, -0.1) is 0 Å². The third-order valence-electron chi connectivity index (χ3n) is 4.41. The topological polar surface area (TPSA) is 40.6 Å². The van der Waals surface area contributed by atoms with E-state index in [1.54, 1.807) is 24.3 Å². The van der Waals surface area contributed by atoms with Crippen LogP contribution in [0.2, 0.25) is 5.02 Å². The van der Waals surface area contributed by atoms with Gasteiger partial charge in [0.05, 0.1) is 21.4 Å². The number of piperazine rings is 1. The number of rotatable bonds is 5. The van der Waals surface area contributed by atoms with Crippen molar-refractivity contribution in [3.8, 4) is 0 Å². The Kier molecular flexibility index (Phi) is 6.04. The van der Waals surface area contributed by atoms with Gasteiger partial charge in [0.25, 0.3) is 0 Å². The first-order valence-electron chi connectivity index (χ1n) is 8.16. The minimum absolute atomic E-state index is 0.140. The van der Waals surface area contributed by atoms with E-state index in [1.807, 2.05) is 24.3 Å². The van der Waals surface area contributed by atoms with E-state index in [4.69, 9.17) is 11.6 Å². The lowest BCUT2D eigenvalue weighted by Crippen LogP contribution is -2.47. The summed E-state index contributed by atoms with van der Waals surface area (Å²) in [6.07, 6.45) is 0. The predicted molar refractivity (Wildman–Crippen MR) is 106 cm³/mol. The molecule has 2 aromatic rings. The summed E-state index contributed by atoms with van der Waals surface area (Å²) in [4.78, 5) is 4.83. The highest BCUT2D eigenvalue weighted by atomic mass is 79.9. The van der Waals surface area contributed by atoms with Gasteiger partial charge in [-0.1, -0.05) is 39.7 Å². The number of anilines is 1. The van der Waals surface area contributed by atoms with E-state index in [1.165, 1.54) is 0 Å². The lowest BCUT2D eigenvalue weighted by Gasteiger charge is -2.36. The number of halogens is 2. The normalized spacial score (nSPS) is 16.2. The minimum Gasteiger partial charge on any atom is -0.368 e. The zero-order valence-corrected chi connectivity index (χ0v) is 16.9. The van der Waals surface area contributed by atoms with Crippen molar-refractivity contribution in [2.45, 2.75) is 4.90 Å². The van der Waals surface area contributed by atoms with E-state index in [-0.39, 0.29) is 5.75 Å². The van der Waals surface area contributed by atoms with Gasteiger partial charge in [0, 0.05) is 37.2 Å². The number of sulfone groups is 1. The Bertz CT molecular complexity index is 819. The molecular weight excluding hydrogens is 424 g/mol. The highest BCUT2D eigenvalue weighted by molar-refractivity contribution is 9.10. The van der Waals surface area contributed by atoms with Crippen LogP contribution >= 0.6 is 27.5 Å². The highest BCUT2D eigenvalue weighted by Gasteiger charge is 2.21. The monoisotopic (exact) mass is 442 g/mol. The molecular formula is C18H20BrClN2O2S. The maximum Gasteiger partial charge on any atom is 0.179 e. The van der Waals surface area contributed by atoms with Crippen LogP contribution in [0.5, 0.6) is 0 Å². The quantitative estimate of drug-likeness (QED) is 0.706. The van der Waals surface area contributed by atoms with Crippen LogP contribution in [0, 0.1) is 0 Å². The van der Waals surface area contributed by atoms with Crippen LogP contribution in [-0.4, -0.2) is 51.8 Å². The second-order valence-electron chi connectivity index (χ2n) is 6.05. The predicted octanol–water partition coefficient (Wildman–Crippen LogP) is 3.70. The summed E-state index contributed by atoms with van der Waals surface area (Å²) in [5.74, 6) is 0.140. The molecule has 0 aromatic heterocycles. The van der Waals surface area contributed by atoms with Crippen LogP contribution in [0.25, 0.3) is 0 Å². The lowest BCUT2D eigenvalue weighted by atomic mass is 10.2. The van der Waals surface area contributed by atoms with Crippen LogP contribution in [0.1, 0.15) is 0 Å². The number of nitrogens with zero attached hydrogens (tertiary/aromatic N) is 2. The van der Waals surface area contributed by atoms with Crippen LogP contribution in [0.15, 0.2) is 57.9 Å². The largest absolute Gasteiger partial charge is 0.368 e. The Hall–Kier alpha value is -1.08. The zero-order chi connectivity index (χ0) is 17.9. The standard InChI is InChI=1S/C18H20BrClN2O2S/c19-15-5-7-16(8-6-15)25(23,24)14-13-21-9-11-22(12-10-21)18-4-2-1-3-17(18)20/h1-8H,9-14H2. The van der Waals surface area contributed by atoms with Crippen molar-refractivity contribution in [1.29, 1.82) is 0 Å². The summed E-state index contributed by atoms with van der Waals surface area (Å²) in [5, 5.41) is 0.758. The van der Waals surface area contributed by atoms with E-state index in [0.29, 0.717) is 11.4 Å². The van der Waals surface area contributed by atoms with E-state index < -0.39 is 9.84 Å². The molecule has 0 saturated carbocycles. The molecule has 0 atom stereocenters. The van der Waals surface area contributed by atoms with Gasteiger partial charge in [-0.2, -0.15) is 0 Å². The molecule has 2 aromatic carbocycles. The van der Waals surface area contributed by atoms with Gasteiger partial charge in [0.2, 0.25) is 0 Å². The second kappa shape index (κ2) is 8.08. The first-order valence-corrected chi connectivity index (χ1v) is 11.0. The SMILES string of the molecule is O=S(=O)(CCN1CCN(c2ccccc2Cl)CC1)c1ccc(Br)cc1. The van der Waals surface area contributed by atoms with Gasteiger partial charge in [-0.05, 0) is 36.4 Å². The van der Waals surface area contributed by atoms with E-state index in [9.17, 15) is 8.42 Å². The molecule has 134 valence electrons. The van der Waals surface area contributed by atoms with Crippen molar-refractivity contribution in [3.63, 3.8) is 0 Å². The summed E-state index contributed by atoms with van der Waals surface area (Å²) >= 11 is 9.58. The van der Waals surface area contributed by atoms with Crippen LogP contribution in [-0.2, 0) is 9.84 Å². The van der Waals surface area contributed by atoms with Crippen LogP contribution in [0.3, 0.4) is 0 Å². The number of hydrogen-bond acceptors (Lipinski definition) is 4. The minimum atomic E-state index is -3.25. The molecule has 1 aliphatic heterocycles. The zero-order valence-electron chi connectivity index (χ0n) is 13.7. The van der Waals surface area contributed by atoms with E-state index >= 15 is 0 Å². The molecule has 0 radical (unpaired) electrons. The smallest absolute Gasteiger partial charge is 0.179 e.